The molecule has 1 N–H and O–H groups in total. The number of rotatable bonds is 23. The lowest BCUT2D eigenvalue weighted by molar-refractivity contribution is -0.0175. The van der Waals surface area contributed by atoms with E-state index in [-0.39, 0.29) is 5.56 Å². The second-order valence-electron chi connectivity index (χ2n) is 6.31. The van der Waals surface area contributed by atoms with E-state index in [1.54, 1.807) is 12.1 Å². The number of hydrogen-bond donors (Lipinski definition) is 1. The molecule has 0 atom stereocenters. The van der Waals surface area contributed by atoms with Crippen LogP contribution in [0, 0.1) is 0 Å². The molecule has 0 saturated heterocycles. The lowest BCUT2D eigenvalue weighted by Gasteiger charge is -2.09. The Bertz CT molecular complexity index is 672. The van der Waals surface area contributed by atoms with Crippen molar-refractivity contribution < 1.29 is 43.1 Å². The van der Waals surface area contributed by atoms with E-state index in [2.05, 4.69) is 10.0 Å². The fourth-order valence-corrected chi connectivity index (χ4v) is 2.29. The van der Waals surface area contributed by atoms with E-state index in [0.29, 0.717) is 98.2 Å². The largest absolute Gasteiger partial charge is 0.491 e. The van der Waals surface area contributed by atoms with Crippen molar-refractivity contribution in [2.45, 2.75) is 0 Å². The summed E-state index contributed by atoms with van der Waals surface area (Å²) in [6, 6.07) is 6.31. The molecule has 0 aliphatic carbocycles. The van der Waals surface area contributed by atoms with Gasteiger partial charge in [-0.05, 0) is 23.7 Å². The van der Waals surface area contributed by atoms with E-state index in [4.69, 9.17) is 43.8 Å². The average molecular weight is 472 g/mol. The van der Waals surface area contributed by atoms with Gasteiger partial charge in [-0.2, -0.15) is 0 Å². The SMILES string of the molecule is [N-]=[N+]=NCCOCCOCCOCCOCCOCCOCCOc1cccc(C(=O)O)c1. The third-order valence-electron chi connectivity index (χ3n) is 3.84. The molecule has 0 aliphatic heterocycles. The van der Waals surface area contributed by atoms with Crippen LogP contribution in [0.1, 0.15) is 10.4 Å². The number of hydrogen-bond acceptors (Lipinski definition) is 9. The predicted octanol–water partition coefficient (Wildman–Crippen LogP) is 2.17. The smallest absolute Gasteiger partial charge is 0.335 e. The van der Waals surface area contributed by atoms with Crippen LogP contribution < -0.4 is 4.74 Å². The first-order valence-corrected chi connectivity index (χ1v) is 10.7. The number of aromatic carboxylic acids is 1. The highest BCUT2D eigenvalue weighted by Crippen LogP contribution is 2.13. The Hall–Kier alpha value is -2.44. The quantitative estimate of drug-likeness (QED) is 0.110. The topological polar surface area (TPSA) is 151 Å². The van der Waals surface area contributed by atoms with Crippen molar-refractivity contribution in [3.05, 3.63) is 40.3 Å². The van der Waals surface area contributed by atoms with Gasteiger partial charge in [0.2, 0.25) is 0 Å². The van der Waals surface area contributed by atoms with Crippen LogP contribution in [0.2, 0.25) is 0 Å². The Morgan fingerprint density at radius 1 is 0.758 bits per heavy atom. The zero-order chi connectivity index (χ0) is 23.8. The first-order valence-electron chi connectivity index (χ1n) is 10.7. The number of carboxylic acid groups (broad SMARTS) is 1. The minimum absolute atomic E-state index is 0.183. The van der Waals surface area contributed by atoms with E-state index in [1.165, 1.54) is 12.1 Å². The molecule has 0 amide bonds. The van der Waals surface area contributed by atoms with Gasteiger partial charge in [0.05, 0.1) is 84.8 Å². The first kappa shape index (κ1) is 28.6. The Labute approximate surface area is 193 Å². The number of benzene rings is 1. The summed E-state index contributed by atoms with van der Waals surface area (Å²) < 4.78 is 37.5. The van der Waals surface area contributed by atoms with Crippen molar-refractivity contribution in [1.29, 1.82) is 0 Å². The van der Waals surface area contributed by atoms with Crippen molar-refractivity contribution in [2.75, 3.05) is 92.4 Å². The van der Waals surface area contributed by atoms with Crippen molar-refractivity contribution in [3.63, 3.8) is 0 Å². The molecule has 0 aromatic heterocycles. The molecular formula is C21H33N3O9. The van der Waals surface area contributed by atoms with E-state index < -0.39 is 5.97 Å². The summed E-state index contributed by atoms with van der Waals surface area (Å²) in [5.41, 5.74) is 8.28. The van der Waals surface area contributed by atoms with Gasteiger partial charge >= 0.3 is 5.97 Å². The Balaban J connectivity index is 1.75. The summed E-state index contributed by atoms with van der Waals surface area (Å²) in [5.74, 6) is -0.497. The van der Waals surface area contributed by atoms with Gasteiger partial charge in [0.15, 0.2) is 0 Å². The highest BCUT2D eigenvalue weighted by atomic mass is 16.6. The number of carboxylic acids is 1. The normalized spacial score (nSPS) is 10.7. The summed E-state index contributed by atoms with van der Waals surface area (Å²) in [5, 5.41) is 12.3. The zero-order valence-corrected chi connectivity index (χ0v) is 18.8. The van der Waals surface area contributed by atoms with Crippen LogP contribution in [-0.2, 0) is 28.4 Å². The van der Waals surface area contributed by atoms with Crippen LogP contribution in [0.4, 0.5) is 0 Å². The molecule has 0 spiro atoms. The monoisotopic (exact) mass is 471 g/mol. The lowest BCUT2D eigenvalue weighted by atomic mass is 10.2. The van der Waals surface area contributed by atoms with Gasteiger partial charge in [-0.1, -0.05) is 11.2 Å². The molecule has 12 heteroatoms. The molecule has 0 radical (unpaired) electrons. The molecule has 1 rings (SSSR count). The van der Waals surface area contributed by atoms with Crippen molar-refractivity contribution in [1.82, 2.24) is 0 Å². The molecule has 12 nitrogen and oxygen atoms in total. The first-order chi connectivity index (χ1) is 16.2. The van der Waals surface area contributed by atoms with Gasteiger partial charge in [0.1, 0.15) is 12.4 Å². The molecule has 0 heterocycles. The van der Waals surface area contributed by atoms with Crippen molar-refractivity contribution in [2.24, 2.45) is 5.11 Å². The molecule has 186 valence electrons. The molecular weight excluding hydrogens is 438 g/mol. The Kier molecular flexibility index (Phi) is 18.5. The van der Waals surface area contributed by atoms with Crippen molar-refractivity contribution >= 4 is 5.97 Å². The van der Waals surface area contributed by atoms with Gasteiger partial charge in [0, 0.05) is 11.5 Å². The van der Waals surface area contributed by atoms with Gasteiger partial charge in [0.25, 0.3) is 0 Å². The molecule has 0 fully saturated rings. The van der Waals surface area contributed by atoms with Gasteiger partial charge in [-0.15, -0.1) is 0 Å². The van der Waals surface area contributed by atoms with E-state index in [0.717, 1.165) is 0 Å². The molecule has 0 saturated carbocycles. The fourth-order valence-electron chi connectivity index (χ4n) is 2.29. The third-order valence-corrected chi connectivity index (χ3v) is 3.84. The van der Waals surface area contributed by atoms with E-state index in [1.807, 2.05) is 0 Å². The van der Waals surface area contributed by atoms with Crippen LogP contribution in [0.3, 0.4) is 0 Å². The number of carbonyl (C=O) groups is 1. The lowest BCUT2D eigenvalue weighted by Crippen LogP contribution is -2.15. The average Bonchev–Trinajstić information content (AvgIpc) is 2.82. The van der Waals surface area contributed by atoms with Crippen LogP contribution in [0.25, 0.3) is 10.4 Å². The van der Waals surface area contributed by atoms with E-state index in [9.17, 15) is 4.79 Å². The number of ether oxygens (including phenoxy) is 7. The highest BCUT2D eigenvalue weighted by Gasteiger charge is 2.03. The summed E-state index contributed by atoms with van der Waals surface area (Å²) >= 11 is 0. The summed E-state index contributed by atoms with van der Waals surface area (Å²) in [6.45, 7) is 6.04. The van der Waals surface area contributed by atoms with Crippen LogP contribution in [0.5, 0.6) is 5.75 Å². The van der Waals surface area contributed by atoms with Crippen LogP contribution >= 0.6 is 0 Å². The maximum absolute atomic E-state index is 10.9. The summed E-state index contributed by atoms with van der Waals surface area (Å²) in [6.07, 6.45) is 0. The second kappa shape index (κ2) is 21.4. The number of nitrogens with zero attached hydrogens (tertiary/aromatic N) is 3. The molecule has 1 aromatic rings. The molecule has 0 unspecified atom stereocenters. The Morgan fingerprint density at radius 3 is 1.67 bits per heavy atom. The summed E-state index contributed by atoms with van der Waals surface area (Å²) in [4.78, 5) is 13.5. The highest BCUT2D eigenvalue weighted by molar-refractivity contribution is 5.87. The Morgan fingerprint density at radius 2 is 1.21 bits per heavy atom. The van der Waals surface area contributed by atoms with Crippen LogP contribution in [-0.4, -0.2) is 104 Å². The minimum Gasteiger partial charge on any atom is -0.491 e. The molecule has 0 bridgehead atoms. The zero-order valence-electron chi connectivity index (χ0n) is 18.8. The molecule has 1 aromatic carbocycles. The van der Waals surface area contributed by atoms with Crippen molar-refractivity contribution in [3.8, 4) is 5.75 Å². The van der Waals surface area contributed by atoms with Gasteiger partial charge in [-0.3, -0.25) is 0 Å². The van der Waals surface area contributed by atoms with Crippen LogP contribution in [0.15, 0.2) is 29.4 Å². The fraction of sp³-hybridized carbons (Fsp3) is 0.667. The van der Waals surface area contributed by atoms with E-state index >= 15 is 0 Å². The van der Waals surface area contributed by atoms with Gasteiger partial charge < -0.3 is 38.3 Å². The standard InChI is InChI=1S/C21H33N3O9/c22-24-23-4-5-27-6-7-28-8-9-29-10-11-30-12-13-31-14-15-32-16-17-33-20-3-1-2-19(18-20)21(25)26/h1-3,18H,4-17H2,(H,25,26). The predicted molar refractivity (Wildman–Crippen MR) is 118 cm³/mol. The molecule has 33 heavy (non-hydrogen) atoms. The molecule has 0 aliphatic rings. The van der Waals surface area contributed by atoms with Gasteiger partial charge in [-0.25, -0.2) is 4.79 Å². The third kappa shape index (κ3) is 17.8. The second-order valence-corrected chi connectivity index (χ2v) is 6.31. The maximum atomic E-state index is 10.9. The maximum Gasteiger partial charge on any atom is 0.335 e. The minimum atomic E-state index is -0.991. The summed E-state index contributed by atoms with van der Waals surface area (Å²) in [7, 11) is 0. The number of azide groups is 1.